The minimum atomic E-state index is -3.51. The van der Waals surface area contributed by atoms with Gasteiger partial charge in [0.15, 0.2) is 0 Å². The molecule has 0 aromatic heterocycles. The molecule has 9 heteroatoms. The van der Waals surface area contributed by atoms with Crippen LogP contribution < -0.4 is 4.74 Å². The minimum Gasteiger partial charge on any atom is -0.435 e. The van der Waals surface area contributed by atoms with E-state index in [9.17, 15) is 17.2 Å². The molecule has 1 aliphatic heterocycles. The van der Waals surface area contributed by atoms with Crippen LogP contribution >= 0.6 is 15.9 Å². The molecule has 0 spiro atoms. The van der Waals surface area contributed by atoms with Gasteiger partial charge in [-0.2, -0.15) is 13.1 Å². The molecule has 3 rings (SSSR count). The van der Waals surface area contributed by atoms with Gasteiger partial charge in [0.25, 0.3) is 0 Å². The van der Waals surface area contributed by atoms with Gasteiger partial charge in [0.1, 0.15) is 5.75 Å². The van der Waals surface area contributed by atoms with Crippen molar-refractivity contribution in [3.05, 3.63) is 58.6 Å². The second kappa shape index (κ2) is 8.64. The normalized spacial score (nSPS) is 16.6. The van der Waals surface area contributed by atoms with E-state index < -0.39 is 16.6 Å². The van der Waals surface area contributed by atoms with E-state index >= 15 is 0 Å². The Morgan fingerprint density at radius 3 is 2.30 bits per heavy atom. The Kier molecular flexibility index (Phi) is 6.46. The Morgan fingerprint density at radius 2 is 1.70 bits per heavy atom. The number of sulfonamides is 1. The van der Waals surface area contributed by atoms with E-state index in [-0.39, 0.29) is 10.6 Å². The first-order valence-electron chi connectivity index (χ1n) is 8.36. The van der Waals surface area contributed by atoms with Gasteiger partial charge in [-0.3, -0.25) is 4.90 Å². The largest absolute Gasteiger partial charge is 0.435 e. The Labute approximate surface area is 165 Å². The molecule has 0 amide bonds. The molecule has 0 atom stereocenters. The summed E-state index contributed by atoms with van der Waals surface area (Å²) in [5.74, 6) is 0.124. The molecule has 2 aromatic carbocycles. The van der Waals surface area contributed by atoms with Crippen LogP contribution in [0.5, 0.6) is 5.75 Å². The highest BCUT2D eigenvalue weighted by molar-refractivity contribution is 9.10. The van der Waals surface area contributed by atoms with Gasteiger partial charge in [-0.05, 0) is 35.9 Å². The molecule has 1 fully saturated rings. The first-order chi connectivity index (χ1) is 12.8. The summed E-state index contributed by atoms with van der Waals surface area (Å²) in [7, 11) is -3.51. The van der Waals surface area contributed by atoms with E-state index in [2.05, 4.69) is 25.6 Å². The van der Waals surface area contributed by atoms with Crippen molar-refractivity contribution in [3.63, 3.8) is 0 Å². The zero-order valence-corrected chi connectivity index (χ0v) is 16.8. The molecule has 2 aromatic rings. The summed E-state index contributed by atoms with van der Waals surface area (Å²) in [6, 6.07) is 13.2. The van der Waals surface area contributed by atoms with Gasteiger partial charge < -0.3 is 4.74 Å². The minimum absolute atomic E-state index is 0.124. The first-order valence-corrected chi connectivity index (χ1v) is 10.6. The van der Waals surface area contributed by atoms with Crippen molar-refractivity contribution in [1.82, 2.24) is 9.21 Å². The SMILES string of the molecule is O=S(=O)(c1cccc(Br)c1)N1CCN(Cc2ccc(OC(F)F)cc2)CC1. The highest BCUT2D eigenvalue weighted by Gasteiger charge is 2.28. The van der Waals surface area contributed by atoms with Crippen LogP contribution in [-0.4, -0.2) is 50.4 Å². The predicted octanol–water partition coefficient (Wildman–Crippen LogP) is 3.56. The maximum Gasteiger partial charge on any atom is 0.387 e. The Morgan fingerprint density at radius 1 is 1.04 bits per heavy atom. The molecular weight excluding hydrogens is 442 g/mol. The fourth-order valence-electron chi connectivity index (χ4n) is 2.94. The van der Waals surface area contributed by atoms with Crippen molar-refractivity contribution in [1.29, 1.82) is 0 Å². The summed E-state index contributed by atoms with van der Waals surface area (Å²) >= 11 is 3.30. The molecule has 0 N–H and O–H groups in total. The Hall–Kier alpha value is -1.55. The molecule has 0 radical (unpaired) electrons. The molecule has 1 saturated heterocycles. The molecule has 1 heterocycles. The van der Waals surface area contributed by atoms with Crippen molar-refractivity contribution < 1.29 is 21.9 Å². The molecule has 1 aliphatic rings. The molecule has 0 bridgehead atoms. The van der Waals surface area contributed by atoms with E-state index in [0.29, 0.717) is 32.7 Å². The smallest absolute Gasteiger partial charge is 0.387 e. The maximum absolute atomic E-state index is 12.7. The summed E-state index contributed by atoms with van der Waals surface area (Å²) in [5.41, 5.74) is 0.958. The van der Waals surface area contributed by atoms with Crippen molar-refractivity contribution in [2.45, 2.75) is 18.1 Å². The average molecular weight is 461 g/mol. The van der Waals surface area contributed by atoms with Crippen molar-refractivity contribution >= 4 is 26.0 Å². The van der Waals surface area contributed by atoms with Crippen molar-refractivity contribution in [3.8, 4) is 5.75 Å². The van der Waals surface area contributed by atoms with Gasteiger partial charge in [-0.25, -0.2) is 8.42 Å². The second-order valence-electron chi connectivity index (χ2n) is 6.16. The quantitative estimate of drug-likeness (QED) is 0.661. The molecule has 5 nitrogen and oxygen atoms in total. The highest BCUT2D eigenvalue weighted by Crippen LogP contribution is 2.22. The third kappa shape index (κ3) is 5.25. The van der Waals surface area contributed by atoms with Gasteiger partial charge in [0.2, 0.25) is 10.0 Å². The van der Waals surface area contributed by atoms with E-state index in [1.54, 1.807) is 36.4 Å². The fraction of sp³-hybridized carbons (Fsp3) is 0.333. The van der Waals surface area contributed by atoms with E-state index in [4.69, 9.17) is 0 Å². The number of hydrogen-bond acceptors (Lipinski definition) is 4. The number of halogens is 3. The molecule has 0 unspecified atom stereocenters. The Balaban J connectivity index is 1.57. The zero-order valence-electron chi connectivity index (χ0n) is 14.4. The van der Waals surface area contributed by atoms with Crippen LogP contribution in [0.4, 0.5) is 8.78 Å². The van der Waals surface area contributed by atoms with Gasteiger partial charge in [0.05, 0.1) is 4.90 Å². The van der Waals surface area contributed by atoms with E-state index in [1.807, 2.05) is 0 Å². The molecule has 27 heavy (non-hydrogen) atoms. The number of nitrogens with zero attached hydrogens (tertiary/aromatic N) is 2. The summed E-state index contributed by atoms with van der Waals surface area (Å²) in [5, 5.41) is 0. The molecular formula is C18H19BrF2N2O3S. The van der Waals surface area contributed by atoms with E-state index in [1.165, 1.54) is 16.4 Å². The third-order valence-electron chi connectivity index (χ3n) is 4.32. The zero-order chi connectivity index (χ0) is 19.4. The van der Waals surface area contributed by atoms with Crippen LogP contribution in [0.15, 0.2) is 57.9 Å². The van der Waals surface area contributed by atoms with Crippen LogP contribution in [0.2, 0.25) is 0 Å². The van der Waals surface area contributed by atoms with Crippen molar-refractivity contribution in [2.75, 3.05) is 26.2 Å². The van der Waals surface area contributed by atoms with Crippen LogP contribution in [0, 0.1) is 0 Å². The van der Waals surface area contributed by atoms with Gasteiger partial charge in [0, 0.05) is 37.2 Å². The van der Waals surface area contributed by atoms with E-state index in [0.717, 1.165) is 10.0 Å². The van der Waals surface area contributed by atoms with Gasteiger partial charge >= 0.3 is 6.61 Å². The van der Waals surface area contributed by atoms with Crippen LogP contribution in [0.1, 0.15) is 5.56 Å². The first kappa shape index (κ1) is 20.2. The fourth-order valence-corrected chi connectivity index (χ4v) is 4.96. The molecule has 146 valence electrons. The number of alkyl halides is 2. The lowest BCUT2D eigenvalue weighted by Crippen LogP contribution is -2.48. The maximum atomic E-state index is 12.7. The van der Waals surface area contributed by atoms with Crippen LogP contribution in [-0.2, 0) is 16.6 Å². The highest BCUT2D eigenvalue weighted by atomic mass is 79.9. The lowest BCUT2D eigenvalue weighted by molar-refractivity contribution is -0.0498. The summed E-state index contributed by atoms with van der Waals surface area (Å²) in [4.78, 5) is 2.41. The third-order valence-corrected chi connectivity index (χ3v) is 6.71. The van der Waals surface area contributed by atoms with Crippen molar-refractivity contribution in [2.24, 2.45) is 0 Å². The summed E-state index contributed by atoms with van der Waals surface area (Å²) in [6.45, 7) is -0.204. The van der Waals surface area contributed by atoms with Gasteiger partial charge in [-0.1, -0.05) is 34.1 Å². The molecule has 0 aliphatic carbocycles. The number of rotatable bonds is 6. The van der Waals surface area contributed by atoms with Crippen LogP contribution in [0.3, 0.4) is 0 Å². The average Bonchev–Trinajstić information content (AvgIpc) is 2.63. The Bertz CT molecular complexity index is 870. The summed E-state index contributed by atoms with van der Waals surface area (Å²) in [6.07, 6.45) is 0. The standard InChI is InChI=1S/C18H19BrF2N2O3S/c19-15-2-1-3-17(12-15)27(24,25)23-10-8-22(9-11-23)13-14-4-6-16(7-5-14)26-18(20)21/h1-7,12,18H,8-11,13H2. The second-order valence-corrected chi connectivity index (χ2v) is 9.01. The van der Waals surface area contributed by atoms with Crippen LogP contribution in [0.25, 0.3) is 0 Å². The lowest BCUT2D eigenvalue weighted by atomic mass is 10.2. The topological polar surface area (TPSA) is 49.9 Å². The van der Waals surface area contributed by atoms with Gasteiger partial charge in [-0.15, -0.1) is 0 Å². The molecule has 0 saturated carbocycles. The number of benzene rings is 2. The number of ether oxygens (including phenoxy) is 1. The monoisotopic (exact) mass is 460 g/mol. The predicted molar refractivity (Wildman–Crippen MR) is 101 cm³/mol. The lowest BCUT2D eigenvalue weighted by Gasteiger charge is -2.34. The number of hydrogen-bond donors (Lipinski definition) is 0. The summed E-state index contributed by atoms with van der Waals surface area (Å²) < 4.78 is 56.4. The number of piperazine rings is 1.